The minimum absolute atomic E-state index is 0.0405. The van der Waals surface area contributed by atoms with Gasteiger partial charge in [0, 0.05) is 23.7 Å². The van der Waals surface area contributed by atoms with Gasteiger partial charge in [-0.2, -0.15) is 0 Å². The van der Waals surface area contributed by atoms with E-state index in [0.717, 1.165) is 6.42 Å². The number of benzene rings is 2. The topological polar surface area (TPSA) is 75.3 Å². The summed E-state index contributed by atoms with van der Waals surface area (Å²) in [6.45, 7) is 2.56. The third kappa shape index (κ3) is 4.80. The first kappa shape index (κ1) is 18.4. The van der Waals surface area contributed by atoms with E-state index in [1.54, 1.807) is 36.4 Å². The van der Waals surface area contributed by atoms with E-state index in [1.165, 1.54) is 12.1 Å². The van der Waals surface area contributed by atoms with Gasteiger partial charge < -0.3 is 5.32 Å². The molecule has 24 heavy (non-hydrogen) atoms. The number of halogens is 1. The molecule has 0 heterocycles. The SMILES string of the molecule is CCCNC(=O)c1cccc(S(=O)(=O)NCc2ccccc2Cl)c1. The number of rotatable bonds is 7. The highest BCUT2D eigenvalue weighted by Gasteiger charge is 2.16. The van der Waals surface area contributed by atoms with Crippen LogP contribution in [0.15, 0.2) is 53.4 Å². The van der Waals surface area contributed by atoms with E-state index in [-0.39, 0.29) is 17.3 Å². The molecular weight excluding hydrogens is 348 g/mol. The third-order valence-electron chi connectivity index (χ3n) is 3.35. The van der Waals surface area contributed by atoms with Crippen molar-refractivity contribution < 1.29 is 13.2 Å². The van der Waals surface area contributed by atoms with Crippen molar-refractivity contribution in [2.24, 2.45) is 0 Å². The second-order valence-electron chi connectivity index (χ2n) is 5.20. The molecule has 0 bridgehead atoms. The standard InChI is InChI=1S/C17H19ClN2O3S/c1-2-10-19-17(21)13-7-5-8-15(11-13)24(22,23)20-12-14-6-3-4-9-16(14)18/h3-9,11,20H,2,10,12H2,1H3,(H,19,21). The van der Waals surface area contributed by atoms with E-state index in [1.807, 2.05) is 6.92 Å². The molecule has 128 valence electrons. The van der Waals surface area contributed by atoms with Crippen molar-refractivity contribution in [3.63, 3.8) is 0 Å². The molecule has 0 saturated heterocycles. The predicted octanol–water partition coefficient (Wildman–Crippen LogP) is 2.96. The average Bonchev–Trinajstić information content (AvgIpc) is 2.59. The molecule has 0 radical (unpaired) electrons. The molecule has 2 N–H and O–H groups in total. The van der Waals surface area contributed by atoms with Crippen molar-refractivity contribution >= 4 is 27.5 Å². The van der Waals surface area contributed by atoms with Gasteiger partial charge in [0.15, 0.2) is 0 Å². The smallest absolute Gasteiger partial charge is 0.251 e. The molecule has 0 aliphatic carbocycles. The van der Waals surface area contributed by atoms with E-state index < -0.39 is 10.0 Å². The fourth-order valence-corrected chi connectivity index (χ4v) is 3.30. The Balaban J connectivity index is 2.14. The summed E-state index contributed by atoms with van der Waals surface area (Å²) in [6, 6.07) is 12.9. The Morgan fingerprint density at radius 3 is 2.58 bits per heavy atom. The van der Waals surface area contributed by atoms with Crippen LogP contribution in [0.2, 0.25) is 5.02 Å². The number of hydrogen-bond acceptors (Lipinski definition) is 3. The Morgan fingerprint density at radius 2 is 1.88 bits per heavy atom. The minimum Gasteiger partial charge on any atom is -0.352 e. The molecule has 0 aliphatic rings. The second kappa shape index (κ2) is 8.28. The zero-order valence-corrected chi connectivity index (χ0v) is 14.8. The first-order chi connectivity index (χ1) is 11.4. The summed E-state index contributed by atoms with van der Waals surface area (Å²) in [6.07, 6.45) is 0.809. The molecule has 2 aromatic carbocycles. The maximum absolute atomic E-state index is 12.4. The van der Waals surface area contributed by atoms with Crippen molar-refractivity contribution in [2.45, 2.75) is 24.8 Å². The highest BCUT2D eigenvalue weighted by Crippen LogP contribution is 2.16. The van der Waals surface area contributed by atoms with Crippen LogP contribution in [0.25, 0.3) is 0 Å². The maximum Gasteiger partial charge on any atom is 0.251 e. The first-order valence-corrected chi connectivity index (χ1v) is 9.41. The maximum atomic E-state index is 12.4. The van der Waals surface area contributed by atoms with E-state index in [9.17, 15) is 13.2 Å². The van der Waals surface area contributed by atoms with Crippen LogP contribution >= 0.6 is 11.6 Å². The van der Waals surface area contributed by atoms with Crippen LogP contribution in [0, 0.1) is 0 Å². The van der Waals surface area contributed by atoms with Crippen molar-refractivity contribution in [1.82, 2.24) is 10.0 Å². The van der Waals surface area contributed by atoms with E-state index in [2.05, 4.69) is 10.0 Å². The van der Waals surface area contributed by atoms with Crippen LogP contribution in [-0.2, 0) is 16.6 Å². The van der Waals surface area contributed by atoms with Gasteiger partial charge in [-0.1, -0.05) is 42.8 Å². The summed E-state index contributed by atoms with van der Waals surface area (Å²) >= 11 is 6.03. The molecule has 0 atom stereocenters. The first-order valence-electron chi connectivity index (χ1n) is 7.55. The minimum atomic E-state index is -3.74. The Kier molecular flexibility index (Phi) is 6.36. The molecular formula is C17H19ClN2O3S. The van der Waals surface area contributed by atoms with Crippen LogP contribution in [0.3, 0.4) is 0 Å². The number of amides is 1. The fraction of sp³-hybridized carbons (Fsp3) is 0.235. The van der Waals surface area contributed by atoms with Crippen molar-refractivity contribution in [2.75, 3.05) is 6.54 Å². The Labute approximate surface area is 147 Å². The van der Waals surface area contributed by atoms with Gasteiger partial charge in [0.25, 0.3) is 5.91 Å². The summed E-state index contributed by atoms with van der Waals surface area (Å²) in [7, 11) is -3.74. The van der Waals surface area contributed by atoms with Gasteiger partial charge in [-0.05, 0) is 36.2 Å². The lowest BCUT2D eigenvalue weighted by Crippen LogP contribution is -2.26. The molecule has 0 spiro atoms. The van der Waals surface area contributed by atoms with Crippen LogP contribution in [0.1, 0.15) is 29.3 Å². The molecule has 5 nitrogen and oxygen atoms in total. The number of hydrogen-bond donors (Lipinski definition) is 2. The molecule has 0 unspecified atom stereocenters. The van der Waals surface area contributed by atoms with Crippen molar-refractivity contribution in [3.8, 4) is 0 Å². The second-order valence-corrected chi connectivity index (χ2v) is 7.37. The van der Waals surface area contributed by atoms with Gasteiger partial charge in [0.05, 0.1) is 4.90 Å². The van der Waals surface area contributed by atoms with Gasteiger partial charge in [-0.25, -0.2) is 13.1 Å². The highest BCUT2D eigenvalue weighted by atomic mass is 35.5. The summed E-state index contributed by atoms with van der Waals surface area (Å²) in [5, 5.41) is 3.21. The van der Waals surface area contributed by atoms with Gasteiger partial charge >= 0.3 is 0 Å². The lowest BCUT2D eigenvalue weighted by molar-refractivity contribution is 0.0953. The lowest BCUT2D eigenvalue weighted by atomic mass is 10.2. The number of carbonyl (C=O) groups excluding carboxylic acids is 1. The van der Waals surface area contributed by atoms with Crippen LogP contribution < -0.4 is 10.0 Å². The zero-order chi connectivity index (χ0) is 17.6. The summed E-state index contributed by atoms with van der Waals surface area (Å²) < 4.78 is 27.3. The number of sulfonamides is 1. The normalized spacial score (nSPS) is 11.2. The molecule has 0 aromatic heterocycles. The Bertz CT molecular complexity index is 822. The molecule has 0 aliphatic heterocycles. The Morgan fingerprint density at radius 1 is 1.12 bits per heavy atom. The quantitative estimate of drug-likeness (QED) is 0.791. The molecule has 1 amide bonds. The fourth-order valence-electron chi connectivity index (χ4n) is 2.04. The lowest BCUT2D eigenvalue weighted by Gasteiger charge is -2.09. The predicted molar refractivity (Wildman–Crippen MR) is 94.5 cm³/mol. The summed E-state index contributed by atoms with van der Waals surface area (Å²) in [5.74, 6) is -0.292. The number of nitrogens with one attached hydrogen (secondary N) is 2. The molecule has 2 rings (SSSR count). The van der Waals surface area contributed by atoms with Crippen LogP contribution in [-0.4, -0.2) is 20.9 Å². The Hall–Kier alpha value is -1.89. The average molecular weight is 367 g/mol. The van der Waals surface area contributed by atoms with Crippen molar-refractivity contribution in [1.29, 1.82) is 0 Å². The number of carbonyl (C=O) groups is 1. The van der Waals surface area contributed by atoms with Gasteiger partial charge in [0.2, 0.25) is 10.0 Å². The van der Waals surface area contributed by atoms with Gasteiger partial charge in [0.1, 0.15) is 0 Å². The van der Waals surface area contributed by atoms with Crippen LogP contribution in [0.5, 0.6) is 0 Å². The summed E-state index contributed by atoms with van der Waals surface area (Å²) in [5.41, 5.74) is 0.989. The van der Waals surface area contributed by atoms with Crippen molar-refractivity contribution in [3.05, 3.63) is 64.7 Å². The van der Waals surface area contributed by atoms with Crippen LogP contribution in [0.4, 0.5) is 0 Å². The molecule has 7 heteroatoms. The van der Waals surface area contributed by atoms with E-state index >= 15 is 0 Å². The summed E-state index contributed by atoms with van der Waals surface area (Å²) in [4.78, 5) is 12.0. The molecule has 0 saturated carbocycles. The van der Waals surface area contributed by atoms with E-state index in [4.69, 9.17) is 11.6 Å². The molecule has 0 fully saturated rings. The van der Waals surface area contributed by atoms with Gasteiger partial charge in [-0.15, -0.1) is 0 Å². The zero-order valence-electron chi connectivity index (χ0n) is 13.3. The van der Waals surface area contributed by atoms with Gasteiger partial charge in [-0.3, -0.25) is 4.79 Å². The highest BCUT2D eigenvalue weighted by molar-refractivity contribution is 7.89. The third-order valence-corrected chi connectivity index (χ3v) is 5.12. The molecule has 2 aromatic rings. The monoisotopic (exact) mass is 366 g/mol. The van der Waals surface area contributed by atoms with E-state index in [0.29, 0.717) is 22.7 Å². The largest absolute Gasteiger partial charge is 0.352 e.